The van der Waals surface area contributed by atoms with E-state index in [0.29, 0.717) is 25.3 Å². The number of carbonyl (C=O) groups excluding carboxylic acids is 1. The standard InChI is InChI=1S/C28H23N3O2/c1-28(17-29)18-33-16-23-10-8-21(13-26(23)28)27(32)31-15-25-12-24-11-20(7-9-22(24)14-30-25)19-5-3-2-4-6-19/h2-14H,15-16,18H2,1H3,(H,31,32). The maximum Gasteiger partial charge on any atom is 0.251 e. The van der Waals surface area contributed by atoms with Crippen LogP contribution in [0.5, 0.6) is 0 Å². The summed E-state index contributed by atoms with van der Waals surface area (Å²) in [5.74, 6) is -0.190. The highest BCUT2D eigenvalue weighted by Crippen LogP contribution is 2.32. The Hall–Kier alpha value is -4.01. The first-order valence-corrected chi connectivity index (χ1v) is 10.9. The molecule has 0 radical (unpaired) electrons. The molecule has 0 saturated carbocycles. The number of ether oxygens (including phenoxy) is 1. The van der Waals surface area contributed by atoms with Crippen LogP contribution in [-0.2, 0) is 23.3 Å². The van der Waals surface area contributed by atoms with Crippen LogP contribution in [0.2, 0.25) is 0 Å². The third kappa shape index (κ3) is 4.09. The molecule has 1 atom stereocenters. The minimum Gasteiger partial charge on any atom is -0.375 e. The van der Waals surface area contributed by atoms with Crippen molar-refractivity contribution in [2.24, 2.45) is 0 Å². The van der Waals surface area contributed by atoms with E-state index in [1.807, 2.05) is 49.5 Å². The monoisotopic (exact) mass is 433 g/mol. The minimum absolute atomic E-state index is 0.190. The van der Waals surface area contributed by atoms with E-state index in [0.717, 1.165) is 38.7 Å². The molecule has 0 saturated heterocycles. The SMILES string of the molecule is CC1(C#N)COCc2ccc(C(=O)NCc3cc4cc(-c5ccccc5)ccc4cn3)cc21. The summed E-state index contributed by atoms with van der Waals surface area (Å²) in [6.07, 6.45) is 1.84. The molecule has 4 aromatic rings. The highest BCUT2D eigenvalue weighted by molar-refractivity contribution is 5.94. The molecule has 0 fully saturated rings. The van der Waals surface area contributed by atoms with Gasteiger partial charge in [-0.05, 0) is 58.8 Å². The molecule has 2 heterocycles. The Balaban J connectivity index is 1.35. The van der Waals surface area contributed by atoms with Crippen LogP contribution < -0.4 is 5.32 Å². The van der Waals surface area contributed by atoms with Gasteiger partial charge in [0.15, 0.2) is 0 Å². The second kappa shape index (κ2) is 8.50. The zero-order valence-electron chi connectivity index (χ0n) is 18.3. The summed E-state index contributed by atoms with van der Waals surface area (Å²) in [7, 11) is 0. The first-order valence-electron chi connectivity index (χ1n) is 10.9. The molecule has 5 rings (SSSR count). The van der Waals surface area contributed by atoms with Gasteiger partial charge in [-0.25, -0.2) is 0 Å². The first kappa shape index (κ1) is 20.9. The highest BCUT2D eigenvalue weighted by Gasteiger charge is 2.33. The molecule has 0 aliphatic carbocycles. The van der Waals surface area contributed by atoms with Crippen LogP contribution in [-0.4, -0.2) is 17.5 Å². The number of carbonyl (C=O) groups is 1. The van der Waals surface area contributed by atoms with Crippen molar-refractivity contribution in [2.75, 3.05) is 6.61 Å². The minimum atomic E-state index is -0.750. The largest absolute Gasteiger partial charge is 0.375 e. The Kier molecular flexibility index (Phi) is 5.37. The van der Waals surface area contributed by atoms with E-state index >= 15 is 0 Å². The maximum atomic E-state index is 12.9. The van der Waals surface area contributed by atoms with Crippen LogP contribution in [0.1, 0.15) is 34.1 Å². The summed E-state index contributed by atoms with van der Waals surface area (Å²) in [5.41, 5.74) is 4.68. The number of nitriles is 1. The van der Waals surface area contributed by atoms with Gasteiger partial charge in [0.25, 0.3) is 5.91 Å². The quantitative estimate of drug-likeness (QED) is 0.483. The Labute approximate surface area is 192 Å². The Bertz CT molecular complexity index is 1390. The van der Waals surface area contributed by atoms with E-state index in [4.69, 9.17) is 4.74 Å². The van der Waals surface area contributed by atoms with Crippen molar-refractivity contribution >= 4 is 16.7 Å². The van der Waals surface area contributed by atoms with Gasteiger partial charge in [-0.1, -0.05) is 48.5 Å². The maximum absolute atomic E-state index is 12.9. The van der Waals surface area contributed by atoms with Crippen LogP contribution in [0.3, 0.4) is 0 Å². The van der Waals surface area contributed by atoms with Gasteiger partial charge < -0.3 is 10.1 Å². The number of rotatable bonds is 4. The Morgan fingerprint density at radius 3 is 2.73 bits per heavy atom. The van der Waals surface area contributed by atoms with Crippen LogP contribution in [0.25, 0.3) is 21.9 Å². The molecule has 0 bridgehead atoms. The van der Waals surface area contributed by atoms with E-state index in [-0.39, 0.29) is 5.91 Å². The van der Waals surface area contributed by atoms with Crippen molar-refractivity contribution in [2.45, 2.75) is 25.5 Å². The summed E-state index contributed by atoms with van der Waals surface area (Å²) >= 11 is 0. The first-order chi connectivity index (χ1) is 16.1. The summed E-state index contributed by atoms with van der Waals surface area (Å²) in [6.45, 7) is 2.95. The second-order valence-electron chi connectivity index (χ2n) is 8.59. The van der Waals surface area contributed by atoms with Crippen molar-refractivity contribution in [3.8, 4) is 17.2 Å². The fourth-order valence-electron chi connectivity index (χ4n) is 4.26. The van der Waals surface area contributed by atoms with Crippen molar-refractivity contribution in [1.82, 2.24) is 10.3 Å². The van der Waals surface area contributed by atoms with E-state index in [2.05, 4.69) is 46.7 Å². The molecular formula is C28H23N3O2. The van der Waals surface area contributed by atoms with Crippen molar-refractivity contribution < 1.29 is 9.53 Å². The number of hydrogen-bond acceptors (Lipinski definition) is 4. The van der Waals surface area contributed by atoms with Crippen LogP contribution in [0.4, 0.5) is 0 Å². The second-order valence-corrected chi connectivity index (χ2v) is 8.59. The molecule has 1 aliphatic heterocycles. The number of pyridine rings is 1. The van der Waals surface area contributed by atoms with E-state index in [1.165, 1.54) is 0 Å². The summed E-state index contributed by atoms with van der Waals surface area (Å²) in [5, 5.41) is 14.7. The smallest absolute Gasteiger partial charge is 0.251 e. The molecule has 3 aromatic carbocycles. The highest BCUT2D eigenvalue weighted by atomic mass is 16.5. The van der Waals surface area contributed by atoms with Gasteiger partial charge in [0.1, 0.15) is 5.41 Å². The lowest BCUT2D eigenvalue weighted by Gasteiger charge is -2.30. The molecule has 1 amide bonds. The molecule has 0 spiro atoms. The zero-order valence-corrected chi connectivity index (χ0v) is 18.3. The van der Waals surface area contributed by atoms with E-state index in [1.54, 1.807) is 6.07 Å². The average molecular weight is 434 g/mol. The number of nitrogens with one attached hydrogen (secondary N) is 1. The van der Waals surface area contributed by atoms with E-state index < -0.39 is 5.41 Å². The predicted octanol–water partition coefficient (Wildman–Crippen LogP) is 5.14. The van der Waals surface area contributed by atoms with Gasteiger partial charge in [0.05, 0.1) is 31.5 Å². The van der Waals surface area contributed by atoms with Crippen molar-refractivity contribution in [1.29, 1.82) is 5.26 Å². The molecule has 5 heteroatoms. The molecule has 162 valence electrons. The van der Waals surface area contributed by atoms with Crippen LogP contribution in [0.15, 0.2) is 79.0 Å². The third-order valence-corrected chi connectivity index (χ3v) is 6.18. The van der Waals surface area contributed by atoms with Crippen LogP contribution in [0, 0.1) is 11.3 Å². The number of hydrogen-bond donors (Lipinski definition) is 1. The lowest BCUT2D eigenvalue weighted by molar-refractivity contribution is 0.0757. The number of benzene rings is 3. The lowest BCUT2D eigenvalue weighted by atomic mass is 9.79. The molecule has 1 aromatic heterocycles. The van der Waals surface area contributed by atoms with Crippen molar-refractivity contribution in [3.05, 3.63) is 101 Å². The summed E-state index contributed by atoms with van der Waals surface area (Å²) in [6, 6.07) is 26.4. The van der Waals surface area contributed by atoms with E-state index in [9.17, 15) is 10.1 Å². The Morgan fingerprint density at radius 2 is 1.91 bits per heavy atom. The molecule has 33 heavy (non-hydrogen) atoms. The molecule has 1 N–H and O–H groups in total. The van der Waals surface area contributed by atoms with Crippen LogP contribution >= 0.6 is 0 Å². The average Bonchev–Trinajstić information content (AvgIpc) is 2.87. The van der Waals surface area contributed by atoms with Gasteiger partial charge in [-0.2, -0.15) is 5.26 Å². The molecule has 1 aliphatic rings. The normalized spacial score (nSPS) is 17.2. The van der Waals surface area contributed by atoms with Gasteiger partial charge in [-0.3, -0.25) is 9.78 Å². The van der Waals surface area contributed by atoms with Gasteiger partial charge in [0, 0.05) is 17.1 Å². The fraction of sp³-hybridized carbons (Fsp3) is 0.179. The molecule has 5 nitrogen and oxygen atoms in total. The van der Waals surface area contributed by atoms with Gasteiger partial charge in [0.2, 0.25) is 0 Å². The molecular weight excluding hydrogens is 410 g/mol. The van der Waals surface area contributed by atoms with Gasteiger partial charge in [-0.15, -0.1) is 0 Å². The topological polar surface area (TPSA) is 75.0 Å². The predicted molar refractivity (Wildman–Crippen MR) is 127 cm³/mol. The Morgan fingerprint density at radius 1 is 1.06 bits per heavy atom. The number of aromatic nitrogens is 1. The lowest BCUT2D eigenvalue weighted by Crippen LogP contribution is -2.33. The summed E-state index contributed by atoms with van der Waals surface area (Å²) < 4.78 is 5.55. The molecule has 1 unspecified atom stereocenters. The fourth-order valence-corrected chi connectivity index (χ4v) is 4.26. The number of nitrogens with zero attached hydrogens (tertiary/aromatic N) is 2. The number of amides is 1. The van der Waals surface area contributed by atoms with Gasteiger partial charge >= 0.3 is 0 Å². The third-order valence-electron chi connectivity index (χ3n) is 6.18. The number of fused-ring (bicyclic) bond motifs is 2. The summed E-state index contributed by atoms with van der Waals surface area (Å²) in [4.78, 5) is 17.4. The van der Waals surface area contributed by atoms with Crippen molar-refractivity contribution in [3.63, 3.8) is 0 Å². The zero-order chi connectivity index (χ0) is 22.8.